The highest BCUT2D eigenvalue weighted by atomic mass is 28.4. The summed E-state index contributed by atoms with van der Waals surface area (Å²) in [6.07, 6.45) is 0.703. The van der Waals surface area contributed by atoms with Crippen LogP contribution >= 0.6 is 0 Å². The van der Waals surface area contributed by atoms with Crippen LogP contribution < -0.4 is 11.0 Å². The quantitative estimate of drug-likeness (QED) is 0.0981. The van der Waals surface area contributed by atoms with Gasteiger partial charge < -0.3 is 24.1 Å². The standard InChI is InChI=1S/C40H57N5O8Si2/c1-40(2,3)55(7,8)53-25-29-22-28(38(49)52-24-27-12-10-9-11-13-27)23-43(29)36(47)30-14-15-31-35-34(30)41-18-19-42(35)39(50)45(31)32-16-17-33(46)44(37(32)48)26-51-20-21-54(4,5)6/h9-15,28-29,32,41H,16-26H2,1-8H3/t28-,29-,32?/m0/s1. The topological polar surface area (TPSA) is 141 Å². The molecule has 1 aromatic heterocycles. The van der Waals surface area contributed by atoms with E-state index in [2.05, 4.69) is 58.8 Å². The van der Waals surface area contributed by atoms with Crippen LogP contribution in [0.15, 0.2) is 47.3 Å². The van der Waals surface area contributed by atoms with Crippen molar-refractivity contribution in [1.82, 2.24) is 18.9 Å². The van der Waals surface area contributed by atoms with Crippen LogP contribution in [0.1, 0.15) is 62.0 Å². The van der Waals surface area contributed by atoms with Crippen LogP contribution in [-0.2, 0) is 41.4 Å². The second kappa shape index (κ2) is 15.8. The largest absolute Gasteiger partial charge is 0.461 e. The molecule has 298 valence electrons. The Kier molecular flexibility index (Phi) is 11.7. The van der Waals surface area contributed by atoms with Gasteiger partial charge in [0, 0.05) is 40.7 Å². The van der Waals surface area contributed by atoms with Gasteiger partial charge in [0.15, 0.2) is 8.32 Å². The third-order valence-corrected chi connectivity index (χ3v) is 17.9. The van der Waals surface area contributed by atoms with E-state index >= 15 is 0 Å². The lowest BCUT2D eigenvalue weighted by Crippen LogP contribution is -2.48. The molecule has 3 aliphatic rings. The van der Waals surface area contributed by atoms with Gasteiger partial charge in [0.25, 0.3) is 11.8 Å². The molecule has 0 radical (unpaired) electrons. The van der Waals surface area contributed by atoms with Crippen molar-refractivity contribution in [2.45, 2.75) is 109 Å². The first-order chi connectivity index (χ1) is 25.9. The van der Waals surface area contributed by atoms with E-state index in [1.165, 1.54) is 4.57 Å². The van der Waals surface area contributed by atoms with Gasteiger partial charge in [-0.25, -0.2) is 4.79 Å². The van der Waals surface area contributed by atoms with Crippen LogP contribution in [0.5, 0.6) is 0 Å². The number of nitrogens with one attached hydrogen (secondary N) is 1. The molecule has 0 saturated carbocycles. The van der Waals surface area contributed by atoms with Crippen molar-refractivity contribution < 1.29 is 33.1 Å². The smallest absolute Gasteiger partial charge is 0.329 e. The molecule has 0 aliphatic carbocycles. The summed E-state index contributed by atoms with van der Waals surface area (Å²) >= 11 is 0. The molecule has 13 nitrogen and oxygen atoms in total. The van der Waals surface area contributed by atoms with E-state index in [4.69, 9.17) is 13.9 Å². The molecule has 3 atom stereocenters. The lowest BCUT2D eigenvalue weighted by molar-refractivity contribution is -0.157. The molecule has 6 rings (SSSR count). The number of carbonyl (C=O) groups excluding carboxylic acids is 4. The zero-order chi connectivity index (χ0) is 39.9. The van der Waals surface area contributed by atoms with Gasteiger partial charge in [-0.3, -0.25) is 33.2 Å². The highest BCUT2D eigenvalue weighted by molar-refractivity contribution is 6.76. The van der Waals surface area contributed by atoms with E-state index in [1.807, 2.05) is 30.3 Å². The van der Waals surface area contributed by atoms with E-state index in [0.29, 0.717) is 48.4 Å². The molecule has 3 aliphatic heterocycles. The number of imidazole rings is 1. The van der Waals surface area contributed by atoms with Gasteiger partial charge in [0.2, 0.25) is 5.91 Å². The van der Waals surface area contributed by atoms with Crippen LogP contribution in [-0.4, -0.2) is 98.1 Å². The van der Waals surface area contributed by atoms with Crippen molar-refractivity contribution in [2.24, 2.45) is 5.92 Å². The minimum absolute atomic E-state index is 0.0465. The molecule has 0 bridgehead atoms. The second-order valence-electron chi connectivity index (χ2n) is 17.9. The number of likely N-dealkylation sites (tertiary alicyclic amines) is 2. The summed E-state index contributed by atoms with van der Waals surface area (Å²) in [5, 5.41) is 3.33. The Morgan fingerprint density at radius 1 is 0.982 bits per heavy atom. The summed E-state index contributed by atoms with van der Waals surface area (Å²) in [6, 6.07) is 12.6. The highest BCUT2D eigenvalue weighted by Crippen LogP contribution is 2.39. The summed E-state index contributed by atoms with van der Waals surface area (Å²) in [5.74, 6) is -1.95. The fourth-order valence-corrected chi connectivity index (χ4v) is 9.08. The fraction of sp³-hybridized carbons (Fsp3) is 0.575. The average molecular weight is 792 g/mol. The van der Waals surface area contributed by atoms with Crippen molar-refractivity contribution in [3.05, 3.63) is 64.1 Å². The summed E-state index contributed by atoms with van der Waals surface area (Å²) in [6.45, 7) is 19.2. The maximum absolute atomic E-state index is 14.7. The van der Waals surface area contributed by atoms with E-state index < -0.39 is 34.3 Å². The predicted molar refractivity (Wildman–Crippen MR) is 216 cm³/mol. The molecule has 4 heterocycles. The van der Waals surface area contributed by atoms with Gasteiger partial charge in [0.1, 0.15) is 19.4 Å². The van der Waals surface area contributed by atoms with E-state index in [9.17, 15) is 24.0 Å². The Morgan fingerprint density at radius 2 is 1.71 bits per heavy atom. The lowest BCUT2D eigenvalue weighted by atomic mass is 10.0. The molecule has 55 heavy (non-hydrogen) atoms. The highest BCUT2D eigenvalue weighted by Gasteiger charge is 2.44. The summed E-state index contributed by atoms with van der Waals surface area (Å²) in [5.41, 5.74) is 2.45. The number of aromatic nitrogens is 2. The lowest BCUT2D eigenvalue weighted by Gasteiger charge is -2.38. The molecule has 3 amide bonds. The summed E-state index contributed by atoms with van der Waals surface area (Å²) < 4.78 is 21.3. The number of amides is 3. The minimum Gasteiger partial charge on any atom is -0.461 e. The number of hydrogen-bond acceptors (Lipinski definition) is 9. The van der Waals surface area contributed by atoms with Crippen LogP contribution in [0.3, 0.4) is 0 Å². The van der Waals surface area contributed by atoms with E-state index in [1.54, 1.807) is 21.6 Å². The zero-order valence-corrected chi connectivity index (χ0v) is 35.6. The van der Waals surface area contributed by atoms with Crippen molar-refractivity contribution in [1.29, 1.82) is 0 Å². The number of anilines is 1. The Labute approximate surface area is 325 Å². The number of rotatable bonds is 13. The van der Waals surface area contributed by atoms with Crippen LogP contribution in [0.25, 0.3) is 11.0 Å². The molecule has 2 fully saturated rings. The van der Waals surface area contributed by atoms with Gasteiger partial charge in [-0.2, -0.15) is 0 Å². The molecule has 2 aromatic carbocycles. The van der Waals surface area contributed by atoms with Crippen molar-refractivity contribution in [2.75, 3.05) is 38.4 Å². The molecule has 3 aromatic rings. The number of piperidine rings is 1. The van der Waals surface area contributed by atoms with Crippen LogP contribution in [0.4, 0.5) is 5.69 Å². The number of esters is 1. The maximum atomic E-state index is 14.7. The molecular weight excluding hydrogens is 735 g/mol. The van der Waals surface area contributed by atoms with Gasteiger partial charge in [-0.15, -0.1) is 0 Å². The van der Waals surface area contributed by atoms with Crippen LogP contribution in [0, 0.1) is 5.92 Å². The number of hydrogen-bond donors (Lipinski definition) is 1. The molecule has 15 heteroatoms. The predicted octanol–water partition coefficient (Wildman–Crippen LogP) is 5.83. The monoisotopic (exact) mass is 791 g/mol. The molecular formula is C40H57N5O8Si2. The Bertz CT molecular complexity index is 2000. The second-order valence-corrected chi connectivity index (χ2v) is 28.3. The fourth-order valence-electron chi connectivity index (χ4n) is 7.28. The summed E-state index contributed by atoms with van der Waals surface area (Å²) in [7, 11) is -3.57. The normalized spacial score (nSPS) is 20.6. The van der Waals surface area contributed by atoms with Crippen molar-refractivity contribution in [3.8, 4) is 0 Å². The Balaban J connectivity index is 1.28. The zero-order valence-electron chi connectivity index (χ0n) is 33.6. The molecule has 0 spiro atoms. The molecule has 1 N–H and O–H groups in total. The van der Waals surface area contributed by atoms with Gasteiger partial charge in [-0.05, 0) is 54.7 Å². The third kappa shape index (κ3) is 8.54. The third-order valence-electron chi connectivity index (χ3n) is 11.7. The molecule has 2 saturated heterocycles. The minimum atomic E-state index is -2.20. The SMILES string of the molecule is CC(C)(C)[Si](C)(C)OC[C@@H]1C[C@H](C(=O)OCc2ccccc2)CN1C(=O)c1ccc2c3c1NCCn3c(=O)n2C1CCC(=O)N(COCC[Si](C)(C)C)C1=O. The molecule has 1 unspecified atom stereocenters. The van der Waals surface area contributed by atoms with Crippen molar-refractivity contribution >= 4 is 56.8 Å². The van der Waals surface area contributed by atoms with E-state index in [-0.39, 0.29) is 73.9 Å². The maximum Gasteiger partial charge on any atom is 0.329 e. The van der Waals surface area contributed by atoms with Crippen molar-refractivity contribution in [3.63, 3.8) is 0 Å². The van der Waals surface area contributed by atoms with E-state index in [0.717, 1.165) is 16.5 Å². The first-order valence-corrected chi connectivity index (χ1v) is 26.1. The Morgan fingerprint density at radius 3 is 2.40 bits per heavy atom. The van der Waals surface area contributed by atoms with Gasteiger partial charge in [-0.1, -0.05) is 70.7 Å². The first kappa shape index (κ1) is 40.6. The summed E-state index contributed by atoms with van der Waals surface area (Å²) in [4.78, 5) is 71.8. The average Bonchev–Trinajstić information content (AvgIpc) is 3.69. The number of ether oxygens (including phenoxy) is 2. The number of carbonyl (C=O) groups is 4. The van der Waals surface area contributed by atoms with Gasteiger partial charge >= 0.3 is 11.7 Å². The number of imide groups is 1. The van der Waals surface area contributed by atoms with Crippen LogP contribution in [0.2, 0.25) is 43.8 Å². The number of benzene rings is 2. The first-order valence-electron chi connectivity index (χ1n) is 19.5. The van der Waals surface area contributed by atoms with Gasteiger partial charge in [0.05, 0.1) is 40.9 Å². The Hall–Kier alpha value is -4.06. The number of nitrogens with zero attached hydrogens (tertiary/aromatic N) is 4.